The second-order valence-electron chi connectivity index (χ2n) is 6.17. The lowest BCUT2D eigenvalue weighted by Gasteiger charge is -2.23. The number of aromatic nitrogens is 3. The molecule has 0 bridgehead atoms. The summed E-state index contributed by atoms with van der Waals surface area (Å²) < 4.78 is 38.7. The fraction of sp³-hybridized carbons (Fsp3) is 0.471. The Morgan fingerprint density at radius 1 is 1.50 bits per heavy atom. The molecule has 1 amide bonds. The number of carbonyl (C=O) groups is 1. The van der Waals surface area contributed by atoms with Crippen LogP contribution in [-0.4, -0.2) is 49.6 Å². The van der Waals surface area contributed by atoms with Crippen LogP contribution in [0.25, 0.3) is 5.69 Å². The molecule has 7 nitrogen and oxygen atoms in total. The molecule has 154 valence electrons. The zero-order valence-electron chi connectivity index (χ0n) is 15.5. The van der Waals surface area contributed by atoms with E-state index in [1.165, 1.54) is 22.0 Å². The topological polar surface area (TPSA) is 79.3 Å². The molecule has 2 rings (SSSR count). The average Bonchev–Trinajstić information content (AvgIpc) is 3.02. The number of alkyl halides is 2. The van der Waals surface area contributed by atoms with E-state index in [0.29, 0.717) is 17.9 Å². The Balaban J connectivity index is 2.16. The Labute approximate surface area is 168 Å². The van der Waals surface area contributed by atoms with E-state index in [-0.39, 0.29) is 22.6 Å². The van der Waals surface area contributed by atoms with Crippen LogP contribution < -0.4 is 9.63 Å². The standard InChI is InChI=1S/C17H22ClF2N4O3S/c1-3-23(17(25)12(2)11-28(27)8-6-15(19)20)14-10-24(21-16(14)18)13-5-4-7-22(26)9-13/h4-5,7,9-10,12,15,26H,3,6,8,11H2,1-2H3/q+1. The van der Waals surface area contributed by atoms with Gasteiger partial charge >= 0.3 is 0 Å². The van der Waals surface area contributed by atoms with Crippen LogP contribution in [0.15, 0.2) is 30.7 Å². The highest BCUT2D eigenvalue weighted by Gasteiger charge is 2.26. The van der Waals surface area contributed by atoms with Gasteiger partial charge in [-0.05, 0) is 13.0 Å². The molecule has 0 fully saturated rings. The molecule has 2 atom stereocenters. The Morgan fingerprint density at radius 2 is 2.21 bits per heavy atom. The van der Waals surface area contributed by atoms with E-state index < -0.39 is 29.6 Å². The maximum Gasteiger partial charge on any atom is 0.247 e. The summed E-state index contributed by atoms with van der Waals surface area (Å²) in [5, 5.41) is 13.8. The largest absolute Gasteiger partial charge is 0.308 e. The van der Waals surface area contributed by atoms with Gasteiger partial charge in [0.1, 0.15) is 11.4 Å². The maximum atomic E-state index is 12.8. The minimum absolute atomic E-state index is 0.00297. The minimum atomic E-state index is -2.51. The molecule has 0 aromatic carbocycles. The average molecular weight is 436 g/mol. The number of hydrogen-bond acceptors (Lipinski definition) is 4. The van der Waals surface area contributed by atoms with E-state index in [2.05, 4.69) is 5.10 Å². The fourth-order valence-electron chi connectivity index (χ4n) is 2.61. The summed E-state index contributed by atoms with van der Waals surface area (Å²) in [7, 11) is -1.51. The Morgan fingerprint density at radius 3 is 2.82 bits per heavy atom. The first-order chi connectivity index (χ1) is 13.2. The lowest BCUT2D eigenvalue weighted by molar-refractivity contribution is -0.904. The number of pyridine rings is 1. The van der Waals surface area contributed by atoms with Crippen molar-refractivity contribution in [1.82, 2.24) is 9.78 Å². The van der Waals surface area contributed by atoms with Gasteiger partial charge in [-0.15, -0.1) is 0 Å². The van der Waals surface area contributed by atoms with Crippen molar-refractivity contribution < 1.29 is 27.7 Å². The second kappa shape index (κ2) is 9.92. The Bertz CT molecular complexity index is 850. The molecule has 0 saturated heterocycles. The van der Waals surface area contributed by atoms with E-state index in [1.807, 2.05) is 0 Å². The van der Waals surface area contributed by atoms with Crippen LogP contribution in [0, 0.1) is 5.92 Å². The predicted octanol–water partition coefficient (Wildman–Crippen LogP) is 2.44. The van der Waals surface area contributed by atoms with Crippen LogP contribution in [0.3, 0.4) is 0 Å². The third-order valence-corrected chi connectivity index (χ3v) is 5.81. The first-order valence-electron chi connectivity index (χ1n) is 8.63. The molecule has 0 aliphatic carbocycles. The summed E-state index contributed by atoms with van der Waals surface area (Å²) in [6.45, 7) is 3.67. The molecule has 2 heterocycles. The number of hydrogen-bond donors (Lipinski definition) is 1. The molecule has 2 aromatic heterocycles. The lowest BCUT2D eigenvalue weighted by atomic mass is 10.2. The van der Waals surface area contributed by atoms with E-state index in [9.17, 15) is 23.0 Å². The van der Waals surface area contributed by atoms with Crippen molar-refractivity contribution in [3.05, 3.63) is 35.9 Å². The lowest BCUT2D eigenvalue weighted by Crippen LogP contribution is -2.37. The maximum absolute atomic E-state index is 12.8. The Hall–Kier alpha value is -2.07. The third-order valence-electron chi connectivity index (χ3n) is 3.98. The van der Waals surface area contributed by atoms with Crippen molar-refractivity contribution in [2.24, 2.45) is 5.92 Å². The van der Waals surface area contributed by atoms with Crippen molar-refractivity contribution >= 4 is 34.0 Å². The molecule has 28 heavy (non-hydrogen) atoms. The number of carbonyl (C=O) groups excluding carboxylic acids is 1. The van der Waals surface area contributed by atoms with Crippen LogP contribution >= 0.6 is 11.6 Å². The number of rotatable bonds is 9. The van der Waals surface area contributed by atoms with Gasteiger partial charge in [0.05, 0.1) is 6.20 Å². The molecular weight excluding hydrogens is 414 g/mol. The van der Waals surface area contributed by atoms with Gasteiger partial charge in [-0.1, -0.05) is 18.5 Å². The second-order valence-corrected chi connectivity index (χ2v) is 8.15. The van der Waals surface area contributed by atoms with E-state index >= 15 is 0 Å². The minimum Gasteiger partial charge on any atom is -0.308 e. The van der Waals surface area contributed by atoms with Gasteiger partial charge < -0.3 is 4.90 Å². The van der Waals surface area contributed by atoms with Crippen molar-refractivity contribution in [3.63, 3.8) is 0 Å². The van der Waals surface area contributed by atoms with Crippen LogP contribution in [0.2, 0.25) is 5.15 Å². The monoisotopic (exact) mass is 435 g/mol. The van der Waals surface area contributed by atoms with Crippen LogP contribution in [0.4, 0.5) is 14.5 Å². The van der Waals surface area contributed by atoms with Gasteiger partial charge in [-0.2, -0.15) is 5.10 Å². The van der Waals surface area contributed by atoms with E-state index in [0.717, 1.165) is 4.73 Å². The van der Waals surface area contributed by atoms with Crippen LogP contribution in [0.1, 0.15) is 20.3 Å². The highest BCUT2D eigenvalue weighted by Crippen LogP contribution is 2.27. The zero-order chi connectivity index (χ0) is 20.8. The molecule has 11 heteroatoms. The molecule has 2 aromatic rings. The molecule has 2 unspecified atom stereocenters. The Kier molecular flexibility index (Phi) is 7.88. The highest BCUT2D eigenvalue weighted by atomic mass is 35.5. The van der Waals surface area contributed by atoms with E-state index in [4.69, 9.17) is 11.6 Å². The van der Waals surface area contributed by atoms with Gasteiger partial charge in [-0.25, -0.2) is 13.5 Å². The van der Waals surface area contributed by atoms with Crippen molar-refractivity contribution in [3.8, 4) is 5.69 Å². The molecule has 0 spiro atoms. The van der Waals surface area contributed by atoms with Crippen molar-refractivity contribution in [2.45, 2.75) is 26.7 Å². The van der Waals surface area contributed by atoms with E-state index in [1.54, 1.807) is 32.2 Å². The first kappa shape index (κ1) is 22.2. The fourth-order valence-corrected chi connectivity index (χ4v) is 4.15. The molecule has 0 radical (unpaired) electrons. The summed E-state index contributed by atoms with van der Waals surface area (Å²) in [6, 6.07) is 3.32. The summed E-state index contributed by atoms with van der Waals surface area (Å²) in [4.78, 5) is 14.2. The quantitative estimate of drug-likeness (QED) is 0.484. The molecule has 0 aliphatic rings. The highest BCUT2D eigenvalue weighted by molar-refractivity contribution is 7.85. The van der Waals surface area contributed by atoms with Crippen molar-refractivity contribution in [2.75, 3.05) is 23.0 Å². The number of halogens is 3. The van der Waals surface area contributed by atoms with Crippen molar-refractivity contribution in [1.29, 1.82) is 0 Å². The summed E-state index contributed by atoms with van der Waals surface area (Å²) in [5.74, 6) is -1.10. The smallest absolute Gasteiger partial charge is 0.247 e. The summed E-state index contributed by atoms with van der Waals surface area (Å²) in [6.07, 6.45) is 1.44. The molecule has 0 saturated carbocycles. The summed E-state index contributed by atoms with van der Waals surface area (Å²) >= 11 is 6.21. The normalized spacial score (nSPS) is 13.5. The van der Waals surface area contributed by atoms with Gasteiger partial charge in [0.25, 0.3) is 0 Å². The van der Waals surface area contributed by atoms with Gasteiger partial charge in [0.15, 0.2) is 5.15 Å². The number of nitrogens with zero attached hydrogens (tertiary/aromatic N) is 4. The molecule has 1 N–H and O–H groups in total. The van der Waals surface area contributed by atoms with Gasteiger partial charge in [-0.3, -0.25) is 14.2 Å². The summed E-state index contributed by atoms with van der Waals surface area (Å²) in [5.41, 5.74) is 0.899. The number of anilines is 1. The third kappa shape index (κ3) is 5.71. The molecule has 0 aliphatic heterocycles. The predicted molar refractivity (Wildman–Crippen MR) is 102 cm³/mol. The van der Waals surface area contributed by atoms with Crippen LogP contribution in [-0.2, 0) is 15.6 Å². The zero-order valence-corrected chi connectivity index (χ0v) is 17.0. The number of amides is 1. The molecular formula is C17H22ClF2N4O3S+. The SMILES string of the molecule is CCN(C(=O)C(C)CS(=O)CCC(F)F)c1cn(-c2ccc[n+](O)c2)nc1Cl. The first-order valence-corrected chi connectivity index (χ1v) is 10.5. The van der Waals surface area contributed by atoms with Gasteiger partial charge in [0, 0.05) is 52.0 Å². The van der Waals surface area contributed by atoms with Gasteiger partial charge in [0.2, 0.25) is 24.7 Å². The van der Waals surface area contributed by atoms with Crippen LogP contribution in [0.5, 0.6) is 0 Å².